The Morgan fingerprint density at radius 2 is 1.60 bits per heavy atom. The maximum Gasteiger partial charge on any atom is 0.222 e. The topological polar surface area (TPSA) is 23.6 Å². The summed E-state index contributed by atoms with van der Waals surface area (Å²) in [5.74, 6) is 0.294. The molecule has 1 unspecified atom stereocenters. The summed E-state index contributed by atoms with van der Waals surface area (Å²) in [6, 6.07) is 21.4. The number of likely N-dealkylation sites (N-methyl/N-ethyl adjacent to an activating group) is 1. The predicted octanol–water partition coefficient (Wildman–Crippen LogP) is 3.74. The van der Waals surface area contributed by atoms with Gasteiger partial charge in [0.15, 0.2) is 0 Å². The van der Waals surface area contributed by atoms with Crippen molar-refractivity contribution in [3.05, 3.63) is 71.8 Å². The van der Waals surface area contributed by atoms with Gasteiger partial charge in [-0.2, -0.15) is 0 Å². The Labute approximate surface area is 151 Å². The van der Waals surface area contributed by atoms with Crippen molar-refractivity contribution >= 4 is 5.91 Å². The van der Waals surface area contributed by atoms with Gasteiger partial charge >= 0.3 is 0 Å². The highest BCUT2D eigenvalue weighted by atomic mass is 16.2. The van der Waals surface area contributed by atoms with Crippen molar-refractivity contribution in [2.24, 2.45) is 0 Å². The standard InChI is InChI=1S/C22H28N2O/c1-23(16-14-19-8-4-2-5-9-19)21-12-13-22(25)24(17-15-21)18-20-10-6-3-7-11-20/h2-11,21H,12-18H2,1H3. The third-order valence-electron chi connectivity index (χ3n) is 5.21. The van der Waals surface area contributed by atoms with Gasteiger partial charge in [-0.15, -0.1) is 0 Å². The van der Waals surface area contributed by atoms with Gasteiger partial charge in [0, 0.05) is 32.1 Å². The van der Waals surface area contributed by atoms with Crippen LogP contribution in [0.15, 0.2) is 60.7 Å². The van der Waals surface area contributed by atoms with E-state index >= 15 is 0 Å². The summed E-state index contributed by atoms with van der Waals surface area (Å²) < 4.78 is 0. The molecule has 2 aromatic carbocycles. The summed E-state index contributed by atoms with van der Waals surface area (Å²) >= 11 is 0. The highest BCUT2D eigenvalue weighted by Gasteiger charge is 2.24. The fraction of sp³-hybridized carbons (Fsp3) is 0.409. The lowest BCUT2D eigenvalue weighted by Gasteiger charge is -2.27. The van der Waals surface area contributed by atoms with Gasteiger partial charge in [0.2, 0.25) is 5.91 Å². The Kier molecular flexibility index (Phi) is 6.24. The second kappa shape index (κ2) is 8.82. The van der Waals surface area contributed by atoms with Crippen LogP contribution in [-0.2, 0) is 17.8 Å². The number of carbonyl (C=O) groups is 1. The molecule has 25 heavy (non-hydrogen) atoms. The van der Waals surface area contributed by atoms with Gasteiger partial charge in [0.05, 0.1) is 0 Å². The fourth-order valence-corrected chi connectivity index (χ4v) is 3.57. The first-order valence-electron chi connectivity index (χ1n) is 9.28. The molecule has 1 saturated heterocycles. The zero-order chi connectivity index (χ0) is 17.5. The van der Waals surface area contributed by atoms with Crippen LogP contribution in [-0.4, -0.2) is 41.9 Å². The average Bonchev–Trinajstić information content (AvgIpc) is 2.84. The number of hydrogen-bond acceptors (Lipinski definition) is 2. The van der Waals surface area contributed by atoms with E-state index in [1.807, 2.05) is 23.1 Å². The number of hydrogen-bond donors (Lipinski definition) is 0. The van der Waals surface area contributed by atoms with Crippen LogP contribution in [0.1, 0.15) is 30.4 Å². The van der Waals surface area contributed by atoms with Crippen molar-refractivity contribution < 1.29 is 4.79 Å². The quantitative estimate of drug-likeness (QED) is 0.802. The van der Waals surface area contributed by atoms with E-state index in [1.54, 1.807) is 0 Å². The molecule has 3 nitrogen and oxygen atoms in total. The Morgan fingerprint density at radius 3 is 2.28 bits per heavy atom. The monoisotopic (exact) mass is 336 g/mol. The lowest BCUT2D eigenvalue weighted by Crippen LogP contribution is -2.34. The lowest BCUT2D eigenvalue weighted by atomic mass is 10.1. The Balaban J connectivity index is 1.52. The van der Waals surface area contributed by atoms with E-state index in [2.05, 4.69) is 54.4 Å². The van der Waals surface area contributed by atoms with E-state index in [0.717, 1.165) is 38.9 Å². The minimum Gasteiger partial charge on any atom is -0.338 e. The van der Waals surface area contributed by atoms with Crippen LogP contribution in [0.4, 0.5) is 0 Å². The Morgan fingerprint density at radius 1 is 0.960 bits per heavy atom. The number of nitrogens with zero attached hydrogens (tertiary/aromatic N) is 2. The summed E-state index contributed by atoms with van der Waals surface area (Å²) in [6.07, 6.45) is 3.75. The van der Waals surface area contributed by atoms with Gasteiger partial charge in [0.1, 0.15) is 0 Å². The molecule has 0 spiro atoms. The summed E-state index contributed by atoms with van der Waals surface area (Å²) in [5.41, 5.74) is 2.59. The van der Waals surface area contributed by atoms with Crippen LogP contribution in [0.3, 0.4) is 0 Å². The molecule has 2 aromatic rings. The van der Waals surface area contributed by atoms with Crippen molar-refractivity contribution in [2.75, 3.05) is 20.1 Å². The molecular formula is C22H28N2O. The van der Waals surface area contributed by atoms with Crippen molar-refractivity contribution in [2.45, 2.75) is 38.3 Å². The van der Waals surface area contributed by atoms with Gasteiger partial charge in [-0.1, -0.05) is 60.7 Å². The molecule has 0 saturated carbocycles. The first-order chi connectivity index (χ1) is 12.2. The van der Waals surface area contributed by atoms with E-state index in [1.165, 1.54) is 11.1 Å². The second-order valence-electron chi connectivity index (χ2n) is 7.00. The third-order valence-corrected chi connectivity index (χ3v) is 5.21. The molecule has 1 aliphatic rings. The molecule has 0 aromatic heterocycles. The van der Waals surface area contributed by atoms with E-state index in [4.69, 9.17) is 0 Å². The van der Waals surface area contributed by atoms with E-state index in [-0.39, 0.29) is 0 Å². The summed E-state index contributed by atoms with van der Waals surface area (Å²) in [5, 5.41) is 0. The third kappa shape index (κ3) is 5.17. The average molecular weight is 336 g/mol. The molecule has 3 heteroatoms. The van der Waals surface area contributed by atoms with Crippen molar-refractivity contribution in [1.82, 2.24) is 9.80 Å². The Bertz CT molecular complexity index is 656. The van der Waals surface area contributed by atoms with Crippen LogP contribution in [0.2, 0.25) is 0 Å². The minimum absolute atomic E-state index is 0.294. The molecule has 0 radical (unpaired) electrons. The molecule has 1 heterocycles. The van der Waals surface area contributed by atoms with Gasteiger partial charge in [-0.3, -0.25) is 4.79 Å². The largest absolute Gasteiger partial charge is 0.338 e. The van der Waals surface area contributed by atoms with Crippen molar-refractivity contribution in [3.63, 3.8) is 0 Å². The van der Waals surface area contributed by atoms with Crippen molar-refractivity contribution in [1.29, 1.82) is 0 Å². The molecule has 1 fully saturated rings. The minimum atomic E-state index is 0.294. The van der Waals surface area contributed by atoms with Gasteiger partial charge in [-0.05, 0) is 37.4 Å². The lowest BCUT2D eigenvalue weighted by molar-refractivity contribution is -0.131. The molecule has 132 valence electrons. The van der Waals surface area contributed by atoms with Gasteiger partial charge < -0.3 is 9.80 Å². The number of benzene rings is 2. The zero-order valence-electron chi connectivity index (χ0n) is 15.1. The maximum atomic E-state index is 12.5. The number of amides is 1. The van der Waals surface area contributed by atoms with E-state index in [9.17, 15) is 4.79 Å². The summed E-state index contributed by atoms with van der Waals surface area (Å²) in [7, 11) is 2.20. The molecule has 3 rings (SSSR count). The molecular weight excluding hydrogens is 308 g/mol. The highest BCUT2D eigenvalue weighted by Crippen LogP contribution is 2.19. The Hall–Kier alpha value is -2.13. The summed E-state index contributed by atoms with van der Waals surface area (Å²) in [4.78, 5) is 16.9. The molecule has 1 aliphatic heterocycles. The normalized spacial score (nSPS) is 18.4. The van der Waals surface area contributed by atoms with Gasteiger partial charge in [0.25, 0.3) is 0 Å². The smallest absolute Gasteiger partial charge is 0.222 e. The molecule has 1 amide bonds. The van der Waals surface area contributed by atoms with Crippen LogP contribution >= 0.6 is 0 Å². The molecule has 0 bridgehead atoms. The predicted molar refractivity (Wildman–Crippen MR) is 102 cm³/mol. The first-order valence-corrected chi connectivity index (χ1v) is 9.28. The van der Waals surface area contributed by atoms with Crippen LogP contribution in [0.5, 0.6) is 0 Å². The van der Waals surface area contributed by atoms with E-state index in [0.29, 0.717) is 18.4 Å². The maximum absolute atomic E-state index is 12.5. The number of likely N-dealkylation sites (tertiary alicyclic amines) is 1. The summed E-state index contributed by atoms with van der Waals surface area (Å²) in [6.45, 7) is 2.63. The van der Waals surface area contributed by atoms with Crippen molar-refractivity contribution in [3.8, 4) is 0 Å². The number of carbonyl (C=O) groups excluding carboxylic acids is 1. The van der Waals surface area contributed by atoms with Gasteiger partial charge in [-0.25, -0.2) is 0 Å². The van der Waals surface area contributed by atoms with Crippen LogP contribution < -0.4 is 0 Å². The SMILES string of the molecule is CN(CCc1ccccc1)C1CCC(=O)N(Cc2ccccc2)CC1. The molecule has 0 N–H and O–H groups in total. The van der Waals surface area contributed by atoms with Crippen LogP contribution in [0.25, 0.3) is 0 Å². The highest BCUT2D eigenvalue weighted by molar-refractivity contribution is 5.76. The van der Waals surface area contributed by atoms with E-state index < -0.39 is 0 Å². The number of rotatable bonds is 6. The fourth-order valence-electron chi connectivity index (χ4n) is 3.57. The molecule has 0 aliphatic carbocycles. The second-order valence-corrected chi connectivity index (χ2v) is 7.00. The van der Waals surface area contributed by atoms with Crippen LogP contribution in [0, 0.1) is 0 Å². The first kappa shape index (κ1) is 17.7. The zero-order valence-corrected chi connectivity index (χ0v) is 15.1. The molecule has 1 atom stereocenters.